The highest BCUT2D eigenvalue weighted by Gasteiger charge is 2.18. The molecule has 1 aliphatic heterocycles. The molecule has 0 saturated heterocycles. The van der Waals surface area contributed by atoms with Crippen molar-refractivity contribution in [2.45, 2.75) is 34.1 Å². The van der Waals surface area contributed by atoms with Gasteiger partial charge in [0.25, 0.3) is 0 Å². The zero-order valence-electron chi connectivity index (χ0n) is 31.9. The quantitative estimate of drug-likeness (QED) is 0.0711. The van der Waals surface area contributed by atoms with E-state index >= 15 is 0 Å². The lowest BCUT2D eigenvalue weighted by Gasteiger charge is -2.12. The Labute approximate surface area is 323 Å². The fraction of sp³-hybridized carbons (Fsp3) is 0.250. The molecule has 15 heteroatoms. The third-order valence-electron chi connectivity index (χ3n) is 7.94. The van der Waals surface area contributed by atoms with Crippen molar-refractivity contribution in [1.82, 2.24) is 19.9 Å². The summed E-state index contributed by atoms with van der Waals surface area (Å²) in [7, 11) is 6.30. The summed E-state index contributed by atoms with van der Waals surface area (Å²) in [4.78, 5) is 16.6. The van der Waals surface area contributed by atoms with Crippen molar-refractivity contribution >= 4 is 61.6 Å². The molecule has 0 spiro atoms. The number of hydrogen-bond acceptors (Lipinski definition) is 14. The first-order valence-corrected chi connectivity index (χ1v) is 17.7. The number of halogens is 1. The predicted molar refractivity (Wildman–Crippen MR) is 216 cm³/mol. The number of nitrogen functional groups attached to an aromatic ring is 1. The molecule has 0 aliphatic carbocycles. The maximum Gasteiger partial charge on any atom is 0.162 e. The molecular formula is C40H45ClN6O8. The zero-order chi connectivity index (χ0) is 40.1. The van der Waals surface area contributed by atoms with Crippen molar-refractivity contribution in [3.8, 4) is 40.2 Å². The normalized spacial score (nSPS) is 10.9. The van der Waals surface area contributed by atoms with Gasteiger partial charge in [-0.1, -0.05) is 39.3 Å². The van der Waals surface area contributed by atoms with E-state index in [1.807, 2.05) is 33.8 Å². The van der Waals surface area contributed by atoms with Gasteiger partial charge < -0.3 is 49.4 Å². The summed E-state index contributed by atoms with van der Waals surface area (Å²) in [6.45, 7) is 8.62. The van der Waals surface area contributed by atoms with Crippen molar-refractivity contribution in [2.75, 3.05) is 46.1 Å². The number of nitrogens with one attached hydrogen (secondary N) is 1. The van der Waals surface area contributed by atoms with Crippen LogP contribution in [0.1, 0.15) is 33.3 Å². The lowest BCUT2D eigenvalue weighted by Crippen LogP contribution is -1.98. The van der Waals surface area contributed by atoms with Gasteiger partial charge in [-0.2, -0.15) is 0 Å². The number of furan rings is 1. The molecule has 0 atom stereocenters. The molecular weight excluding hydrogens is 728 g/mol. The van der Waals surface area contributed by atoms with Crippen molar-refractivity contribution < 1.29 is 38.3 Å². The molecule has 0 radical (unpaired) electrons. The zero-order valence-corrected chi connectivity index (χ0v) is 32.7. The Morgan fingerprint density at radius 2 is 1.25 bits per heavy atom. The summed E-state index contributed by atoms with van der Waals surface area (Å²) in [6, 6.07) is 15.4. The second kappa shape index (κ2) is 19.6. The van der Waals surface area contributed by atoms with Gasteiger partial charge in [0.15, 0.2) is 28.6 Å². The smallest absolute Gasteiger partial charge is 0.162 e. The molecule has 1 aliphatic rings. The topological polar surface area (TPSA) is 189 Å². The summed E-state index contributed by atoms with van der Waals surface area (Å²) in [6.07, 6.45) is 5.17. The summed E-state index contributed by atoms with van der Waals surface area (Å²) in [5.74, 6) is 4.11. The fourth-order valence-corrected chi connectivity index (χ4v) is 5.61. The van der Waals surface area contributed by atoms with Crippen LogP contribution >= 0.6 is 11.6 Å². The minimum absolute atomic E-state index is 0.160. The van der Waals surface area contributed by atoms with Crippen LogP contribution in [0.5, 0.6) is 40.2 Å². The monoisotopic (exact) mass is 772 g/mol. The first-order valence-electron chi connectivity index (χ1n) is 17.3. The molecule has 3 aromatic heterocycles. The Morgan fingerprint density at radius 3 is 1.87 bits per heavy atom. The largest absolute Gasteiger partial charge is 0.508 e. The van der Waals surface area contributed by atoms with Crippen LogP contribution in [0.4, 0.5) is 17.2 Å². The Hall–Kier alpha value is -6.41. The molecule has 0 amide bonds. The molecule has 7 aromatic rings. The minimum Gasteiger partial charge on any atom is -0.508 e. The molecule has 8 rings (SSSR count). The number of nitrogens with zero attached hydrogens (tertiary/aromatic N) is 4. The Balaban J connectivity index is 0.000000191. The molecule has 0 unspecified atom stereocenters. The van der Waals surface area contributed by atoms with Gasteiger partial charge in [0.1, 0.15) is 40.9 Å². The van der Waals surface area contributed by atoms with E-state index in [0.717, 1.165) is 28.3 Å². The second-order valence-electron chi connectivity index (χ2n) is 10.8. The van der Waals surface area contributed by atoms with Gasteiger partial charge in [-0.25, -0.2) is 19.9 Å². The summed E-state index contributed by atoms with van der Waals surface area (Å²) >= 11 is 5.93. The maximum atomic E-state index is 9.90. The number of anilines is 3. The van der Waals surface area contributed by atoms with Crippen molar-refractivity contribution in [2.24, 2.45) is 0 Å². The predicted octanol–water partition coefficient (Wildman–Crippen LogP) is 9.10. The van der Waals surface area contributed by atoms with Crippen molar-refractivity contribution in [1.29, 1.82) is 0 Å². The van der Waals surface area contributed by atoms with E-state index in [4.69, 9.17) is 45.4 Å². The Morgan fingerprint density at radius 1 is 0.691 bits per heavy atom. The third-order valence-corrected chi connectivity index (χ3v) is 8.25. The van der Waals surface area contributed by atoms with Crippen LogP contribution in [-0.2, 0) is 6.42 Å². The highest BCUT2D eigenvalue weighted by Crippen LogP contribution is 2.39. The summed E-state index contributed by atoms with van der Waals surface area (Å²) < 4.78 is 31.7. The van der Waals surface area contributed by atoms with E-state index in [0.29, 0.717) is 74.2 Å². The lowest BCUT2D eigenvalue weighted by atomic mass is 10.1. The third kappa shape index (κ3) is 9.22. The highest BCUT2D eigenvalue weighted by atomic mass is 35.5. The first-order chi connectivity index (χ1) is 26.8. The van der Waals surface area contributed by atoms with Gasteiger partial charge >= 0.3 is 0 Å². The molecule has 290 valence electrons. The van der Waals surface area contributed by atoms with Crippen LogP contribution in [0.2, 0.25) is 5.15 Å². The molecule has 55 heavy (non-hydrogen) atoms. The number of ether oxygens (including phenoxy) is 5. The number of hydrogen-bond donors (Lipinski definition) is 4. The summed E-state index contributed by atoms with van der Waals surface area (Å²) in [5, 5.41) is 25.0. The van der Waals surface area contributed by atoms with Crippen molar-refractivity contribution in [3.63, 3.8) is 0 Å². The number of aromatic nitrogens is 4. The van der Waals surface area contributed by atoms with Crippen LogP contribution < -0.4 is 34.7 Å². The van der Waals surface area contributed by atoms with Gasteiger partial charge in [-0.05, 0) is 42.5 Å². The summed E-state index contributed by atoms with van der Waals surface area (Å²) in [5.41, 5.74) is 9.73. The second-order valence-corrected chi connectivity index (χ2v) is 11.2. The number of nitrogens with two attached hydrogens (primary N) is 1. The van der Waals surface area contributed by atoms with Gasteiger partial charge in [0.05, 0.1) is 69.1 Å². The van der Waals surface area contributed by atoms with Crippen LogP contribution in [0.15, 0.2) is 77.9 Å². The standard InChI is InChI=1S/C18H15N3O4.C10H9ClN2O2.C8H9NO2.2C2H6/c1-23-15-7-11-13(8-16(15)24-2)19-9-20-18(11)21-12-3-4-14(22)10-5-6-25-17(10)12;1-14-8-3-6-7(4-9(8)15-2)12-5-13-10(6)11;9-6-1-2-7(10)5-3-4-11-8(5)6;2*1-2/h3-9,22H,1-2H3,(H,19,20,21);3-5H,1-2H3;1-2,10H,3-4,9H2;2*1-2H3. The number of rotatable bonds is 6. The van der Waals surface area contributed by atoms with E-state index < -0.39 is 0 Å². The van der Waals surface area contributed by atoms with Crippen LogP contribution in [0.25, 0.3) is 32.8 Å². The molecule has 5 N–H and O–H groups in total. The van der Waals surface area contributed by atoms with Crippen LogP contribution in [0, 0.1) is 0 Å². The van der Waals surface area contributed by atoms with Gasteiger partial charge in [0, 0.05) is 34.9 Å². The number of aromatic hydroxyl groups is 2. The molecule has 0 bridgehead atoms. The van der Waals surface area contributed by atoms with Gasteiger partial charge in [-0.15, -0.1) is 0 Å². The van der Waals surface area contributed by atoms with E-state index in [1.54, 1.807) is 77.0 Å². The SMILES string of the molecule is CC.CC.COc1cc2ncnc(Cl)c2cc1OC.COc1cc2ncnc(Nc3ccc(O)c4ccoc34)c2cc1OC.Nc1ccc(O)c2c1OCC2. The van der Waals surface area contributed by atoms with Crippen LogP contribution in [0.3, 0.4) is 0 Å². The van der Waals surface area contributed by atoms with Crippen LogP contribution in [-0.4, -0.2) is 65.2 Å². The van der Waals surface area contributed by atoms with Crippen molar-refractivity contribution in [3.05, 3.63) is 84.2 Å². The maximum absolute atomic E-state index is 9.90. The van der Waals surface area contributed by atoms with E-state index in [-0.39, 0.29) is 11.5 Å². The Bertz CT molecular complexity index is 2330. The molecule has 4 aromatic carbocycles. The van der Waals surface area contributed by atoms with Gasteiger partial charge in [0.2, 0.25) is 0 Å². The van der Waals surface area contributed by atoms with E-state index in [9.17, 15) is 10.2 Å². The molecule has 0 fully saturated rings. The number of methoxy groups -OCH3 is 4. The highest BCUT2D eigenvalue weighted by molar-refractivity contribution is 6.34. The Kier molecular flexibility index (Phi) is 14.7. The number of fused-ring (bicyclic) bond motifs is 4. The number of phenols is 2. The van der Waals surface area contributed by atoms with E-state index in [2.05, 4.69) is 25.3 Å². The molecule has 14 nitrogen and oxygen atoms in total. The molecule has 0 saturated carbocycles. The number of phenolic OH excluding ortho intramolecular Hbond substituents is 2. The minimum atomic E-state index is 0.160. The number of benzene rings is 4. The van der Waals surface area contributed by atoms with E-state index in [1.165, 1.54) is 18.9 Å². The van der Waals surface area contributed by atoms with Gasteiger partial charge in [-0.3, -0.25) is 0 Å². The fourth-order valence-electron chi connectivity index (χ4n) is 5.41. The lowest BCUT2D eigenvalue weighted by molar-refractivity contribution is 0.356. The average Bonchev–Trinajstić information content (AvgIpc) is 3.94. The average molecular weight is 773 g/mol. The first kappa shape index (κ1) is 41.3. The molecule has 4 heterocycles.